The maximum absolute atomic E-state index is 12.0. The number of allylic oxidation sites excluding steroid dienone is 2. The molecule has 4 heteroatoms. The third-order valence-corrected chi connectivity index (χ3v) is 3.13. The molecule has 2 aromatic rings. The van der Waals surface area contributed by atoms with Gasteiger partial charge >= 0.3 is 5.69 Å². The summed E-state index contributed by atoms with van der Waals surface area (Å²) in [4.78, 5) is 15.9. The molecule has 0 radical (unpaired) electrons. The smallest absolute Gasteiger partial charge is 0.354 e. The number of hydrogen-bond donors (Lipinski definition) is 1. The van der Waals surface area contributed by atoms with E-state index in [1.165, 1.54) is 0 Å². The second-order valence-electron chi connectivity index (χ2n) is 4.22. The molecule has 1 aromatic carbocycles. The zero-order valence-electron chi connectivity index (χ0n) is 9.39. The Hall–Kier alpha value is -2.10. The zero-order chi connectivity index (χ0) is 11.8. The molecule has 0 saturated heterocycles. The normalized spacial score (nSPS) is 15.2. The first kappa shape index (κ1) is 10.1. The average molecular weight is 227 g/mol. The van der Waals surface area contributed by atoms with Crippen LogP contribution in [0.15, 0.2) is 35.1 Å². The summed E-state index contributed by atoms with van der Waals surface area (Å²) in [7, 11) is 0. The van der Waals surface area contributed by atoms with Gasteiger partial charge in [0.2, 0.25) is 0 Å². The first-order chi connectivity index (χ1) is 8.27. The van der Waals surface area contributed by atoms with Crippen LogP contribution in [-0.4, -0.2) is 9.55 Å². The second kappa shape index (κ2) is 3.73. The first-order valence-electron chi connectivity index (χ1n) is 5.74. The predicted octanol–water partition coefficient (Wildman–Crippen LogP) is 2.00. The second-order valence-corrected chi connectivity index (χ2v) is 4.22. The molecule has 1 heterocycles. The standard InChI is InChI=1S/C13H13N3O/c14-12-10-7-3-4-8-11(10)16(13(17)15-12)9-5-1-2-6-9/h3-5,7-8H,1-2,6H2,(H2,14,15,17). The summed E-state index contributed by atoms with van der Waals surface area (Å²) in [6.45, 7) is 0. The van der Waals surface area contributed by atoms with Gasteiger partial charge in [-0.2, -0.15) is 4.98 Å². The van der Waals surface area contributed by atoms with E-state index in [4.69, 9.17) is 5.73 Å². The van der Waals surface area contributed by atoms with Crippen molar-refractivity contribution >= 4 is 22.4 Å². The number of nitrogens with zero attached hydrogens (tertiary/aromatic N) is 2. The Kier molecular flexibility index (Phi) is 2.21. The van der Waals surface area contributed by atoms with Crippen LogP contribution in [0.1, 0.15) is 19.3 Å². The lowest BCUT2D eigenvalue weighted by atomic mass is 10.2. The van der Waals surface area contributed by atoms with Crippen LogP contribution in [-0.2, 0) is 0 Å². The molecule has 3 rings (SSSR count). The third-order valence-electron chi connectivity index (χ3n) is 3.13. The fraction of sp³-hybridized carbons (Fsp3) is 0.231. The van der Waals surface area contributed by atoms with Gasteiger partial charge in [0.25, 0.3) is 0 Å². The lowest BCUT2D eigenvalue weighted by Crippen LogP contribution is -2.23. The van der Waals surface area contributed by atoms with Gasteiger partial charge in [0, 0.05) is 11.1 Å². The molecule has 1 aromatic heterocycles. The number of hydrogen-bond acceptors (Lipinski definition) is 3. The van der Waals surface area contributed by atoms with E-state index in [9.17, 15) is 4.79 Å². The van der Waals surface area contributed by atoms with E-state index in [0.29, 0.717) is 5.82 Å². The van der Waals surface area contributed by atoms with Gasteiger partial charge in [-0.15, -0.1) is 0 Å². The highest BCUT2D eigenvalue weighted by molar-refractivity contribution is 5.90. The summed E-state index contributed by atoms with van der Waals surface area (Å²) in [6.07, 6.45) is 5.15. The van der Waals surface area contributed by atoms with Crippen molar-refractivity contribution in [3.05, 3.63) is 40.8 Å². The average Bonchev–Trinajstić information content (AvgIpc) is 2.83. The van der Waals surface area contributed by atoms with Crippen molar-refractivity contribution < 1.29 is 0 Å². The summed E-state index contributed by atoms with van der Waals surface area (Å²) in [5, 5.41) is 0.833. The minimum absolute atomic E-state index is 0.283. The van der Waals surface area contributed by atoms with E-state index in [0.717, 1.165) is 35.9 Å². The quantitative estimate of drug-likeness (QED) is 0.810. The molecule has 17 heavy (non-hydrogen) atoms. The molecular formula is C13H13N3O. The van der Waals surface area contributed by atoms with Crippen LogP contribution in [0, 0.1) is 0 Å². The van der Waals surface area contributed by atoms with Crippen LogP contribution in [0.2, 0.25) is 0 Å². The Morgan fingerprint density at radius 2 is 2.12 bits per heavy atom. The molecule has 0 atom stereocenters. The van der Waals surface area contributed by atoms with Crippen molar-refractivity contribution in [3.8, 4) is 0 Å². The fourth-order valence-corrected chi connectivity index (χ4v) is 2.34. The van der Waals surface area contributed by atoms with Crippen molar-refractivity contribution in [2.24, 2.45) is 0 Å². The van der Waals surface area contributed by atoms with Crippen LogP contribution in [0.4, 0.5) is 5.82 Å². The highest BCUT2D eigenvalue weighted by Gasteiger charge is 2.13. The van der Waals surface area contributed by atoms with E-state index in [2.05, 4.69) is 11.1 Å². The lowest BCUT2D eigenvalue weighted by molar-refractivity contribution is 0.887. The molecule has 0 fully saturated rings. The summed E-state index contributed by atoms with van der Waals surface area (Å²) >= 11 is 0. The first-order valence-corrected chi connectivity index (χ1v) is 5.74. The van der Waals surface area contributed by atoms with Gasteiger partial charge in [-0.3, -0.25) is 4.57 Å². The zero-order valence-corrected chi connectivity index (χ0v) is 9.39. The molecule has 0 bridgehead atoms. The van der Waals surface area contributed by atoms with Gasteiger partial charge in [-0.1, -0.05) is 18.2 Å². The number of nitrogen functional groups attached to an aromatic ring is 1. The van der Waals surface area contributed by atoms with Gasteiger partial charge < -0.3 is 5.73 Å². The van der Waals surface area contributed by atoms with Crippen LogP contribution < -0.4 is 11.4 Å². The van der Waals surface area contributed by atoms with Crippen molar-refractivity contribution in [2.75, 3.05) is 5.73 Å². The maximum atomic E-state index is 12.0. The topological polar surface area (TPSA) is 60.9 Å². The molecule has 0 unspecified atom stereocenters. The van der Waals surface area contributed by atoms with Gasteiger partial charge in [-0.05, 0) is 31.4 Å². The number of anilines is 1. The minimum atomic E-state index is -0.283. The lowest BCUT2D eigenvalue weighted by Gasteiger charge is -2.11. The molecule has 2 N–H and O–H groups in total. The summed E-state index contributed by atoms with van der Waals surface area (Å²) in [5.74, 6) is 0.306. The van der Waals surface area contributed by atoms with E-state index >= 15 is 0 Å². The molecule has 0 spiro atoms. The monoisotopic (exact) mass is 227 g/mol. The van der Waals surface area contributed by atoms with Crippen LogP contribution in [0.25, 0.3) is 16.6 Å². The van der Waals surface area contributed by atoms with Crippen molar-refractivity contribution in [3.63, 3.8) is 0 Å². The van der Waals surface area contributed by atoms with E-state index in [1.807, 2.05) is 24.3 Å². The minimum Gasteiger partial charge on any atom is -0.383 e. The molecule has 1 aliphatic carbocycles. The number of nitrogens with two attached hydrogens (primary N) is 1. The molecule has 4 nitrogen and oxygen atoms in total. The largest absolute Gasteiger partial charge is 0.383 e. The number of para-hydroxylation sites is 1. The highest BCUT2D eigenvalue weighted by Crippen LogP contribution is 2.25. The SMILES string of the molecule is Nc1nc(=O)n(C2=CCCC2)c2ccccc12. The van der Waals surface area contributed by atoms with Crippen molar-refractivity contribution in [1.82, 2.24) is 9.55 Å². The summed E-state index contributed by atoms with van der Waals surface area (Å²) in [5.41, 5.74) is 7.38. The van der Waals surface area contributed by atoms with Crippen LogP contribution in [0.5, 0.6) is 0 Å². The Morgan fingerprint density at radius 3 is 2.88 bits per heavy atom. The van der Waals surface area contributed by atoms with Gasteiger partial charge in [0.1, 0.15) is 5.82 Å². The summed E-state index contributed by atoms with van der Waals surface area (Å²) in [6, 6.07) is 7.61. The van der Waals surface area contributed by atoms with Gasteiger partial charge in [0.05, 0.1) is 5.52 Å². The van der Waals surface area contributed by atoms with Crippen LogP contribution >= 0.6 is 0 Å². The number of benzene rings is 1. The number of rotatable bonds is 1. The highest BCUT2D eigenvalue weighted by atomic mass is 16.1. The molecule has 1 aliphatic rings. The fourth-order valence-electron chi connectivity index (χ4n) is 2.34. The van der Waals surface area contributed by atoms with E-state index in [1.54, 1.807) is 4.57 Å². The van der Waals surface area contributed by atoms with Gasteiger partial charge in [-0.25, -0.2) is 4.79 Å². The Balaban J connectivity index is 2.40. The molecule has 86 valence electrons. The molecule has 0 aliphatic heterocycles. The maximum Gasteiger partial charge on any atom is 0.354 e. The number of fused-ring (bicyclic) bond motifs is 1. The Morgan fingerprint density at radius 1 is 1.29 bits per heavy atom. The van der Waals surface area contributed by atoms with Crippen molar-refractivity contribution in [1.29, 1.82) is 0 Å². The molecule has 0 saturated carbocycles. The Bertz CT molecular complexity index is 670. The van der Waals surface area contributed by atoms with Crippen LogP contribution in [0.3, 0.4) is 0 Å². The molecular weight excluding hydrogens is 214 g/mol. The Labute approximate surface area is 98.4 Å². The molecule has 0 amide bonds. The third kappa shape index (κ3) is 1.53. The predicted molar refractivity (Wildman–Crippen MR) is 68.5 cm³/mol. The van der Waals surface area contributed by atoms with Crippen molar-refractivity contribution in [2.45, 2.75) is 19.3 Å². The summed E-state index contributed by atoms with van der Waals surface area (Å²) < 4.78 is 1.68. The van der Waals surface area contributed by atoms with E-state index in [-0.39, 0.29) is 5.69 Å². The van der Waals surface area contributed by atoms with E-state index < -0.39 is 0 Å². The number of aromatic nitrogens is 2. The van der Waals surface area contributed by atoms with Gasteiger partial charge in [0.15, 0.2) is 0 Å².